The summed E-state index contributed by atoms with van der Waals surface area (Å²) in [6.45, 7) is 1.98. The van der Waals surface area contributed by atoms with Crippen molar-refractivity contribution in [2.24, 2.45) is 5.73 Å². The van der Waals surface area contributed by atoms with E-state index < -0.39 is 23.4 Å². The van der Waals surface area contributed by atoms with E-state index in [1.165, 1.54) is 23.5 Å². The van der Waals surface area contributed by atoms with Crippen LogP contribution < -0.4 is 26.7 Å². The number of carboxylic acids is 1. The molecule has 0 saturated heterocycles. The van der Waals surface area contributed by atoms with E-state index in [1.54, 1.807) is 30.3 Å². The molecule has 6 rings (SSSR count). The number of aromatic amines is 1. The molecule has 1 unspecified atom stereocenters. The Labute approximate surface area is 236 Å². The number of rotatable bonds is 5. The lowest BCUT2D eigenvalue weighted by atomic mass is 10.0. The number of ether oxygens (including phenoxy) is 1. The maximum atomic E-state index is 12.6. The number of aromatic nitrogens is 2. The number of carbonyl (C=O) groups excluding carboxylic acids is 2. The van der Waals surface area contributed by atoms with Crippen LogP contribution in [0.4, 0.5) is 10.1 Å². The third-order valence-corrected chi connectivity index (χ3v) is 7.88. The van der Waals surface area contributed by atoms with Crippen molar-refractivity contribution >= 4 is 45.0 Å². The van der Waals surface area contributed by atoms with Crippen molar-refractivity contribution in [3.63, 3.8) is 0 Å². The van der Waals surface area contributed by atoms with E-state index in [4.69, 9.17) is 10.5 Å². The molecule has 3 heterocycles. The molecule has 41 heavy (non-hydrogen) atoms. The van der Waals surface area contributed by atoms with Crippen molar-refractivity contribution in [3.8, 4) is 5.75 Å². The predicted molar refractivity (Wildman–Crippen MR) is 150 cm³/mol. The summed E-state index contributed by atoms with van der Waals surface area (Å²) in [5.41, 5.74) is 7.75. The van der Waals surface area contributed by atoms with Crippen LogP contribution in [0.1, 0.15) is 57.5 Å². The Kier molecular flexibility index (Phi) is 7.81. The van der Waals surface area contributed by atoms with Gasteiger partial charge < -0.3 is 31.2 Å². The lowest BCUT2D eigenvalue weighted by Gasteiger charge is -2.18. The largest absolute Gasteiger partial charge is 0.482 e. The van der Waals surface area contributed by atoms with Crippen molar-refractivity contribution < 1.29 is 28.6 Å². The molecule has 11 nitrogen and oxygen atoms in total. The van der Waals surface area contributed by atoms with Crippen molar-refractivity contribution in [1.29, 1.82) is 0 Å². The highest BCUT2D eigenvalue weighted by Gasteiger charge is 2.34. The molecule has 13 heteroatoms. The van der Waals surface area contributed by atoms with Crippen LogP contribution in [0.3, 0.4) is 0 Å². The van der Waals surface area contributed by atoms with Gasteiger partial charge in [0.2, 0.25) is 5.82 Å². The first-order valence-electron chi connectivity index (χ1n) is 12.7. The number of aryl methyl sites for hydroxylation is 1. The van der Waals surface area contributed by atoms with Gasteiger partial charge in [-0.1, -0.05) is 18.2 Å². The number of aliphatic carboxylic acids is 1. The van der Waals surface area contributed by atoms with Crippen LogP contribution in [0.5, 0.6) is 5.75 Å². The number of nitrogens with one attached hydrogen (secondary N) is 3. The molecular weight excluding hydrogens is 553 g/mol. The van der Waals surface area contributed by atoms with Gasteiger partial charge in [0.25, 0.3) is 17.4 Å². The fourth-order valence-corrected chi connectivity index (χ4v) is 5.93. The summed E-state index contributed by atoms with van der Waals surface area (Å²) in [6.07, 6.45) is 1.03. The van der Waals surface area contributed by atoms with Crippen LogP contribution in [0.25, 0.3) is 10.2 Å². The molecule has 0 bridgehead atoms. The van der Waals surface area contributed by atoms with Crippen LogP contribution in [0.15, 0.2) is 47.3 Å². The number of fused-ring (bicyclic) bond motifs is 4. The molecule has 0 spiro atoms. The van der Waals surface area contributed by atoms with E-state index in [0.717, 1.165) is 16.0 Å². The number of carbonyl (C=O) groups is 3. The van der Waals surface area contributed by atoms with Crippen LogP contribution >= 0.6 is 11.3 Å². The Bertz CT molecular complexity index is 1720. The van der Waals surface area contributed by atoms with Crippen LogP contribution in [0, 0.1) is 5.82 Å². The minimum absolute atomic E-state index is 0.0133. The second kappa shape index (κ2) is 11.5. The maximum Gasteiger partial charge on any atom is 0.311 e. The number of halogens is 1. The van der Waals surface area contributed by atoms with Crippen molar-refractivity contribution in [1.82, 2.24) is 15.3 Å². The molecule has 212 valence electrons. The fraction of sp³-hybridized carbons (Fsp3) is 0.250. The zero-order valence-corrected chi connectivity index (χ0v) is 22.6. The van der Waals surface area contributed by atoms with E-state index in [9.17, 15) is 28.7 Å². The van der Waals surface area contributed by atoms with Gasteiger partial charge in [0.15, 0.2) is 6.61 Å². The quantitative estimate of drug-likeness (QED) is 0.239. The number of amides is 2. The molecule has 2 aliphatic rings. The van der Waals surface area contributed by atoms with Gasteiger partial charge in [-0.15, -0.1) is 11.3 Å². The van der Waals surface area contributed by atoms with Crippen molar-refractivity contribution in [3.05, 3.63) is 86.0 Å². The summed E-state index contributed by atoms with van der Waals surface area (Å²) < 4.78 is 17.6. The second-order valence-electron chi connectivity index (χ2n) is 9.65. The Morgan fingerprint density at radius 1 is 1.24 bits per heavy atom. The molecule has 1 aliphatic carbocycles. The molecule has 0 saturated carbocycles. The Morgan fingerprint density at radius 3 is 2.71 bits per heavy atom. The summed E-state index contributed by atoms with van der Waals surface area (Å²) in [7, 11) is 0. The van der Waals surface area contributed by atoms with Crippen molar-refractivity contribution in [2.75, 3.05) is 11.9 Å². The van der Waals surface area contributed by atoms with Crippen LogP contribution in [-0.4, -0.2) is 39.5 Å². The Morgan fingerprint density at radius 2 is 2.00 bits per heavy atom. The van der Waals surface area contributed by atoms with E-state index >= 15 is 0 Å². The van der Waals surface area contributed by atoms with Gasteiger partial charge in [0, 0.05) is 17.5 Å². The number of carboxylic acid groups (broad SMARTS) is 1. The number of benzene rings is 2. The topological polar surface area (TPSA) is 176 Å². The van der Waals surface area contributed by atoms with Crippen LogP contribution in [0.2, 0.25) is 0 Å². The highest BCUT2D eigenvalue weighted by molar-refractivity contribution is 7.18. The van der Waals surface area contributed by atoms with Crippen molar-refractivity contribution in [2.45, 2.75) is 38.3 Å². The summed E-state index contributed by atoms with van der Waals surface area (Å²) in [5.74, 6) is -2.32. The zero-order chi connectivity index (χ0) is 29.3. The number of nitrogens with zero attached hydrogens (tertiary/aromatic N) is 1. The van der Waals surface area contributed by atoms with E-state index in [-0.39, 0.29) is 42.1 Å². The van der Waals surface area contributed by atoms with Gasteiger partial charge in [-0.2, -0.15) is 0 Å². The van der Waals surface area contributed by atoms with E-state index in [0.29, 0.717) is 34.7 Å². The molecule has 2 atom stereocenters. The molecule has 2 aromatic carbocycles. The number of hydrogen-bond donors (Lipinski definition) is 5. The normalized spacial score (nSPS) is 16.0. The first-order chi connectivity index (χ1) is 19.6. The summed E-state index contributed by atoms with van der Waals surface area (Å²) in [5, 5.41) is 15.1. The third kappa shape index (κ3) is 5.95. The fourth-order valence-electron chi connectivity index (χ4n) is 4.68. The molecule has 4 aromatic rings. The SMILES string of the molecule is C[C@@H](N)c1ccc(F)cc1.O=C1COc2ccc(CNC(=O)c3nc4sc5c(c4c(=O)[nH]3)C(C(=O)O)CC5)cc2N1. The monoisotopic (exact) mass is 579 g/mol. The summed E-state index contributed by atoms with van der Waals surface area (Å²) in [4.78, 5) is 56.1. The zero-order valence-electron chi connectivity index (χ0n) is 21.8. The van der Waals surface area contributed by atoms with Gasteiger partial charge in [0.05, 0.1) is 17.0 Å². The number of anilines is 1. The number of hydrogen-bond acceptors (Lipinski definition) is 8. The molecule has 0 radical (unpaired) electrons. The lowest BCUT2D eigenvalue weighted by Crippen LogP contribution is -2.28. The first-order valence-corrected chi connectivity index (χ1v) is 13.6. The average Bonchev–Trinajstić information content (AvgIpc) is 3.51. The summed E-state index contributed by atoms with van der Waals surface area (Å²) >= 11 is 1.25. The standard InChI is InChI=1S/C20H16N4O6S.C8H10FN/c25-13-7-30-11-3-1-8(5-10(11)22-13)6-21-18(27)16-23-17(26)15-14-9(20(28)29)2-4-12(14)31-19(15)24-16;1-6(10)7-2-4-8(9)5-3-7/h1,3,5,9H,2,4,6-7H2,(H,21,27)(H,22,25)(H,28,29)(H,23,24,26);2-6H,10H2,1H3/t;6-/m.1/s1. The molecule has 1 aliphatic heterocycles. The minimum Gasteiger partial charge on any atom is -0.482 e. The lowest BCUT2D eigenvalue weighted by molar-refractivity contribution is -0.138. The minimum atomic E-state index is -0.966. The molecular formula is C28H26FN5O6S. The second-order valence-corrected chi connectivity index (χ2v) is 10.7. The highest BCUT2D eigenvalue weighted by Crippen LogP contribution is 2.42. The first kappa shape index (κ1) is 27.9. The van der Waals surface area contributed by atoms with E-state index in [2.05, 4.69) is 20.6 Å². The van der Waals surface area contributed by atoms with Gasteiger partial charge >= 0.3 is 5.97 Å². The number of thiophene rings is 1. The number of nitrogens with two attached hydrogens (primary N) is 1. The predicted octanol–water partition coefficient (Wildman–Crippen LogP) is 3.21. The number of H-pyrrole nitrogens is 1. The Hall–Kier alpha value is -4.62. The van der Waals surface area contributed by atoms with E-state index in [1.807, 2.05) is 6.92 Å². The van der Waals surface area contributed by atoms with Crippen LogP contribution in [-0.2, 0) is 22.6 Å². The molecule has 2 amide bonds. The average molecular weight is 580 g/mol. The Balaban J connectivity index is 0.000000287. The van der Waals surface area contributed by atoms with Gasteiger partial charge in [-0.25, -0.2) is 9.37 Å². The van der Waals surface area contributed by atoms with Gasteiger partial charge in [-0.05, 0) is 60.7 Å². The molecule has 2 aromatic heterocycles. The smallest absolute Gasteiger partial charge is 0.311 e. The van der Waals surface area contributed by atoms with Gasteiger partial charge in [0.1, 0.15) is 16.4 Å². The molecule has 0 fully saturated rings. The summed E-state index contributed by atoms with van der Waals surface area (Å²) in [6, 6.07) is 11.4. The highest BCUT2D eigenvalue weighted by atomic mass is 32.1. The third-order valence-electron chi connectivity index (χ3n) is 6.72. The van der Waals surface area contributed by atoms with Gasteiger partial charge in [-0.3, -0.25) is 19.2 Å². The molecule has 6 N–H and O–H groups in total. The maximum absolute atomic E-state index is 12.6.